The minimum absolute atomic E-state index is 0.0397. The third-order valence-electron chi connectivity index (χ3n) is 5.96. The first kappa shape index (κ1) is 21.6. The van der Waals surface area contributed by atoms with Gasteiger partial charge in [-0.25, -0.2) is 0 Å². The van der Waals surface area contributed by atoms with Crippen LogP contribution in [0.25, 0.3) is 0 Å². The molecule has 2 aliphatic heterocycles. The number of aromatic nitrogens is 1. The van der Waals surface area contributed by atoms with Gasteiger partial charge in [-0.1, -0.05) is 0 Å². The number of hydrogen-bond acceptors (Lipinski definition) is 5. The molecular weight excluding hydrogens is 412 g/mol. The second kappa shape index (κ2) is 8.86. The van der Waals surface area contributed by atoms with Gasteiger partial charge >= 0.3 is 0 Å². The van der Waals surface area contributed by atoms with Crippen molar-refractivity contribution in [3.05, 3.63) is 52.4 Å². The molecule has 2 saturated heterocycles. The molecule has 1 atom stereocenters. The van der Waals surface area contributed by atoms with E-state index < -0.39 is 17.4 Å². The van der Waals surface area contributed by atoms with Crippen LogP contribution in [0.2, 0.25) is 0 Å². The topological polar surface area (TPSA) is 101 Å². The van der Waals surface area contributed by atoms with E-state index in [1.807, 2.05) is 0 Å². The first-order valence-electron chi connectivity index (χ1n) is 10.6. The Balaban J connectivity index is 1.49. The van der Waals surface area contributed by atoms with E-state index in [4.69, 9.17) is 4.74 Å². The standard InChI is InChI=1S/C23H26N4O5/c1-25-13-16(22(30)26-9-3-4-10-26)11-19(23(25)31)24-21(29)15-12-20(28)27(14-15)17-5-7-18(32-2)8-6-17/h5-8,11,13,15H,3-4,9-10,12,14H2,1-2H3,(H,24,29). The molecule has 1 N–H and O–H groups in total. The Morgan fingerprint density at radius 3 is 2.44 bits per heavy atom. The van der Waals surface area contributed by atoms with Crippen LogP contribution in [0.1, 0.15) is 29.6 Å². The molecule has 0 aliphatic carbocycles. The summed E-state index contributed by atoms with van der Waals surface area (Å²) in [5, 5.41) is 2.65. The summed E-state index contributed by atoms with van der Waals surface area (Å²) in [4.78, 5) is 54.0. The molecule has 1 aromatic heterocycles. The minimum atomic E-state index is -0.604. The molecule has 9 nitrogen and oxygen atoms in total. The number of rotatable bonds is 5. The molecule has 1 unspecified atom stereocenters. The molecular formula is C23H26N4O5. The van der Waals surface area contributed by atoms with Gasteiger partial charge in [0.2, 0.25) is 11.8 Å². The lowest BCUT2D eigenvalue weighted by atomic mass is 10.1. The Morgan fingerprint density at radius 2 is 1.78 bits per heavy atom. The third-order valence-corrected chi connectivity index (χ3v) is 5.96. The Morgan fingerprint density at radius 1 is 1.09 bits per heavy atom. The van der Waals surface area contributed by atoms with Gasteiger partial charge in [0.25, 0.3) is 11.5 Å². The van der Waals surface area contributed by atoms with Crippen LogP contribution in [-0.2, 0) is 16.6 Å². The summed E-state index contributed by atoms with van der Waals surface area (Å²) in [6.45, 7) is 1.59. The zero-order valence-electron chi connectivity index (χ0n) is 18.2. The minimum Gasteiger partial charge on any atom is -0.497 e. The molecule has 168 valence electrons. The van der Waals surface area contributed by atoms with Crippen LogP contribution in [0.15, 0.2) is 41.3 Å². The number of ether oxygens (including phenoxy) is 1. The first-order chi connectivity index (χ1) is 15.4. The number of anilines is 2. The van der Waals surface area contributed by atoms with Gasteiger partial charge in [-0.3, -0.25) is 19.2 Å². The number of carbonyl (C=O) groups is 3. The number of nitrogens with one attached hydrogen (secondary N) is 1. The van der Waals surface area contributed by atoms with Gasteiger partial charge in [0.1, 0.15) is 11.4 Å². The zero-order chi connectivity index (χ0) is 22.8. The van der Waals surface area contributed by atoms with Crippen LogP contribution in [0.5, 0.6) is 5.75 Å². The Labute approximate surface area is 185 Å². The van der Waals surface area contributed by atoms with E-state index in [2.05, 4.69) is 5.32 Å². The second-order valence-corrected chi connectivity index (χ2v) is 8.15. The maximum absolute atomic E-state index is 12.9. The van der Waals surface area contributed by atoms with Gasteiger partial charge in [0.15, 0.2) is 0 Å². The molecule has 0 spiro atoms. The molecule has 2 aromatic rings. The van der Waals surface area contributed by atoms with Crippen LogP contribution < -0.4 is 20.5 Å². The zero-order valence-corrected chi connectivity index (χ0v) is 18.2. The molecule has 32 heavy (non-hydrogen) atoms. The number of likely N-dealkylation sites (tertiary alicyclic amines) is 1. The Bertz CT molecular complexity index is 1100. The van der Waals surface area contributed by atoms with Gasteiger partial charge in [-0.15, -0.1) is 0 Å². The lowest BCUT2D eigenvalue weighted by Crippen LogP contribution is -2.32. The van der Waals surface area contributed by atoms with Crippen molar-refractivity contribution in [1.29, 1.82) is 0 Å². The molecule has 0 saturated carbocycles. The normalized spacial score (nSPS) is 18.2. The summed E-state index contributed by atoms with van der Waals surface area (Å²) in [6, 6.07) is 8.46. The van der Waals surface area contributed by atoms with E-state index in [-0.39, 0.29) is 30.5 Å². The fourth-order valence-corrected chi connectivity index (χ4v) is 4.15. The van der Waals surface area contributed by atoms with Crippen molar-refractivity contribution in [2.24, 2.45) is 13.0 Å². The largest absolute Gasteiger partial charge is 0.497 e. The van der Waals surface area contributed by atoms with Gasteiger partial charge in [-0.2, -0.15) is 0 Å². The molecule has 0 bridgehead atoms. The van der Waals surface area contributed by atoms with Crippen LogP contribution in [0.4, 0.5) is 11.4 Å². The number of nitrogens with zero attached hydrogens (tertiary/aromatic N) is 3. The maximum Gasteiger partial charge on any atom is 0.274 e. The van der Waals surface area contributed by atoms with E-state index >= 15 is 0 Å². The van der Waals surface area contributed by atoms with Crippen LogP contribution in [0, 0.1) is 5.92 Å². The number of carbonyl (C=O) groups excluding carboxylic acids is 3. The Kier molecular flexibility index (Phi) is 5.98. The number of amides is 3. The molecule has 0 radical (unpaired) electrons. The number of hydrogen-bond donors (Lipinski definition) is 1. The summed E-state index contributed by atoms with van der Waals surface area (Å²) >= 11 is 0. The van der Waals surface area contributed by atoms with Gasteiger partial charge in [0, 0.05) is 45.0 Å². The summed E-state index contributed by atoms with van der Waals surface area (Å²) in [6.07, 6.45) is 3.46. The van der Waals surface area contributed by atoms with E-state index in [0.29, 0.717) is 30.1 Å². The summed E-state index contributed by atoms with van der Waals surface area (Å²) in [5.74, 6) is -0.671. The average Bonchev–Trinajstić information content (AvgIpc) is 3.46. The monoisotopic (exact) mass is 438 g/mol. The number of pyridine rings is 1. The lowest BCUT2D eigenvalue weighted by molar-refractivity contribution is -0.122. The highest BCUT2D eigenvalue weighted by atomic mass is 16.5. The van der Waals surface area contributed by atoms with Gasteiger partial charge in [0.05, 0.1) is 18.6 Å². The predicted molar refractivity (Wildman–Crippen MR) is 119 cm³/mol. The van der Waals surface area contributed by atoms with Crippen LogP contribution in [0.3, 0.4) is 0 Å². The highest BCUT2D eigenvalue weighted by Crippen LogP contribution is 2.27. The van der Waals surface area contributed by atoms with E-state index in [0.717, 1.165) is 12.8 Å². The molecule has 2 aliphatic rings. The molecule has 2 fully saturated rings. The van der Waals surface area contributed by atoms with Crippen LogP contribution >= 0.6 is 0 Å². The SMILES string of the molecule is COc1ccc(N2CC(C(=O)Nc3cc(C(=O)N4CCCC4)cn(C)c3=O)CC2=O)cc1. The average molecular weight is 438 g/mol. The smallest absolute Gasteiger partial charge is 0.274 e. The molecule has 4 rings (SSSR count). The number of aryl methyl sites for hydroxylation is 1. The highest BCUT2D eigenvalue weighted by Gasteiger charge is 2.35. The number of methoxy groups -OCH3 is 1. The number of benzene rings is 1. The Hall–Kier alpha value is -3.62. The summed E-state index contributed by atoms with van der Waals surface area (Å²) < 4.78 is 6.43. The second-order valence-electron chi connectivity index (χ2n) is 8.15. The van der Waals surface area contributed by atoms with Crippen molar-refractivity contribution in [2.45, 2.75) is 19.3 Å². The lowest BCUT2D eigenvalue weighted by Gasteiger charge is -2.18. The third kappa shape index (κ3) is 4.23. The fraction of sp³-hybridized carbons (Fsp3) is 0.391. The van der Waals surface area contributed by atoms with Crippen molar-refractivity contribution in [2.75, 3.05) is 37.0 Å². The van der Waals surface area contributed by atoms with Gasteiger partial charge in [-0.05, 0) is 43.2 Å². The van der Waals surface area contributed by atoms with Crippen molar-refractivity contribution in [1.82, 2.24) is 9.47 Å². The van der Waals surface area contributed by atoms with E-state index in [1.54, 1.807) is 48.2 Å². The van der Waals surface area contributed by atoms with Crippen molar-refractivity contribution >= 4 is 29.1 Å². The van der Waals surface area contributed by atoms with E-state index in [1.165, 1.54) is 16.8 Å². The van der Waals surface area contributed by atoms with Crippen LogP contribution in [-0.4, -0.2) is 53.9 Å². The molecule has 3 amide bonds. The first-order valence-corrected chi connectivity index (χ1v) is 10.6. The quantitative estimate of drug-likeness (QED) is 0.765. The predicted octanol–water partition coefficient (Wildman–Crippen LogP) is 1.62. The van der Waals surface area contributed by atoms with Crippen molar-refractivity contribution in [3.8, 4) is 5.75 Å². The van der Waals surface area contributed by atoms with E-state index in [9.17, 15) is 19.2 Å². The molecule has 3 heterocycles. The highest BCUT2D eigenvalue weighted by molar-refractivity contribution is 6.04. The fourth-order valence-electron chi connectivity index (χ4n) is 4.15. The van der Waals surface area contributed by atoms with Gasteiger partial charge < -0.3 is 24.4 Å². The summed E-state index contributed by atoms with van der Waals surface area (Å²) in [7, 11) is 3.11. The van der Waals surface area contributed by atoms with Crippen molar-refractivity contribution < 1.29 is 19.1 Å². The summed E-state index contributed by atoms with van der Waals surface area (Å²) in [5.41, 5.74) is 0.664. The molecule has 1 aromatic carbocycles. The maximum atomic E-state index is 12.9. The van der Waals surface area contributed by atoms with Crippen molar-refractivity contribution in [3.63, 3.8) is 0 Å². The molecule has 9 heteroatoms.